The van der Waals surface area contributed by atoms with Crippen LogP contribution in [0.4, 0.5) is 0 Å². The van der Waals surface area contributed by atoms with Crippen molar-refractivity contribution >= 4 is 56.2 Å². The summed E-state index contributed by atoms with van der Waals surface area (Å²) in [6.07, 6.45) is 0.417. The second-order valence-corrected chi connectivity index (χ2v) is 7.09. The normalized spacial score (nSPS) is 12.2. The molecule has 122 valence electrons. The van der Waals surface area contributed by atoms with E-state index in [1.165, 1.54) is 0 Å². The van der Waals surface area contributed by atoms with Crippen LogP contribution in [-0.4, -0.2) is 21.1 Å². The van der Waals surface area contributed by atoms with Crippen LogP contribution in [0.15, 0.2) is 40.9 Å². The average molecular weight is 436 g/mol. The van der Waals surface area contributed by atoms with Crippen LogP contribution >= 0.6 is 39.1 Å². The largest absolute Gasteiger partial charge is 0.760 e. The molecule has 0 aliphatic carbocycles. The molecule has 1 N–H and O–H groups in total. The molecule has 2 aromatic rings. The van der Waals surface area contributed by atoms with Crippen LogP contribution < -0.4 is 4.72 Å². The minimum atomic E-state index is -2.31. The van der Waals surface area contributed by atoms with Gasteiger partial charge in [0.05, 0.1) is 0 Å². The van der Waals surface area contributed by atoms with E-state index in [1.807, 2.05) is 0 Å². The lowest BCUT2D eigenvalue weighted by molar-refractivity contribution is 0.103. The third-order valence-electron chi connectivity index (χ3n) is 3.10. The molecule has 2 rings (SSSR count). The molecule has 23 heavy (non-hydrogen) atoms. The standard InChI is InChI=1S/C15H12BrCl2NO3S/c16-13-7-10(5-6-19-23(21)22)14(18)8-12(13)15(20)9-1-3-11(17)4-2-9/h1-4,7-8,19H,5-6H2,(H,21,22)/p-1. The van der Waals surface area contributed by atoms with Crippen molar-refractivity contribution in [3.63, 3.8) is 0 Å². The van der Waals surface area contributed by atoms with Crippen molar-refractivity contribution in [3.8, 4) is 0 Å². The first kappa shape index (κ1) is 18.6. The van der Waals surface area contributed by atoms with Gasteiger partial charge >= 0.3 is 0 Å². The van der Waals surface area contributed by atoms with E-state index in [-0.39, 0.29) is 12.3 Å². The van der Waals surface area contributed by atoms with Crippen molar-refractivity contribution in [2.45, 2.75) is 6.42 Å². The van der Waals surface area contributed by atoms with Gasteiger partial charge in [0.2, 0.25) is 0 Å². The number of carbonyl (C=O) groups excluding carboxylic acids is 1. The molecular weight excluding hydrogens is 425 g/mol. The van der Waals surface area contributed by atoms with E-state index < -0.39 is 11.3 Å². The average Bonchev–Trinajstić information content (AvgIpc) is 2.50. The highest BCUT2D eigenvalue weighted by Gasteiger charge is 2.15. The van der Waals surface area contributed by atoms with Gasteiger partial charge in [-0.2, -0.15) is 0 Å². The van der Waals surface area contributed by atoms with Crippen LogP contribution in [0.5, 0.6) is 0 Å². The van der Waals surface area contributed by atoms with Crippen molar-refractivity contribution in [1.82, 2.24) is 4.72 Å². The zero-order valence-electron chi connectivity index (χ0n) is 11.6. The first-order valence-electron chi connectivity index (χ1n) is 6.49. The maximum atomic E-state index is 12.5. The summed E-state index contributed by atoms with van der Waals surface area (Å²) >= 11 is 13.1. The number of halogens is 3. The third kappa shape index (κ3) is 5.11. The molecule has 0 bridgehead atoms. The predicted octanol–water partition coefficient (Wildman–Crippen LogP) is 3.91. The molecule has 0 amide bonds. The van der Waals surface area contributed by atoms with Gasteiger partial charge < -0.3 is 4.55 Å². The van der Waals surface area contributed by atoms with E-state index >= 15 is 0 Å². The molecule has 0 saturated carbocycles. The van der Waals surface area contributed by atoms with Crippen LogP contribution in [0.2, 0.25) is 10.0 Å². The Morgan fingerprint density at radius 2 is 1.87 bits per heavy atom. The Morgan fingerprint density at radius 1 is 1.22 bits per heavy atom. The summed E-state index contributed by atoms with van der Waals surface area (Å²) in [5.74, 6) is -0.180. The highest BCUT2D eigenvalue weighted by Crippen LogP contribution is 2.28. The van der Waals surface area contributed by atoms with E-state index in [0.717, 1.165) is 5.56 Å². The molecule has 0 aliphatic rings. The van der Waals surface area contributed by atoms with E-state index in [1.54, 1.807) is 36.4 Å². The first-order chi connectivity index (χ1) is 10.9. The molecule has 1 atom stereocenters. The Morgan fingerprint density at radius 3 is 2.48 bits per heavy atom. The molecule has 0 fully saturated rings. The fourth-order valence-corrected chi connectivity index (χ4v) is 3.20. The summed E-state index contributed by atoms with van der Waals surface area (Å²) in [7, 11) is 0. The van der Waals surface area contributed by atoms with Gasteiger partial charge in [0.25, 0.3) is 0 Å². The number of nitrogens with one attached hydrogen (secondary N) is 1. The SMILES string of the molecule is O=C(c1ccc(Cl)cc1)c1cc(Cl)c(CCNS(=O)[O-])cc1Br. The molecule has 1 unspecified atom stereocenters. The van der Waals surface area contributed by atoms with Gasteiger partial charge in [-0.1, -0.05) is 39.1 Å². The lowest BCUT2D eigenvalue weighted by Gasteiger charge is -2.11. The van der Waals surface area contributed by atoms with Gasteiger partial charge in [0.15, 0.2) is 5.78 Å². The van der Waals surface area contributed by atoms with Gasteiger partial charge in [-0.05, 0) is 48.4 Å². The summed E-state index contributed by atoms with van der Waals surface area (Å²) in [6, 6.07) is 9.88. The Bertz CT molecular complexity index is 753. The molecule has 0 spiro atoms. The Hall–Kier alpha value is -0.760. The maximum Gasteiger partial charge on any atom is 0.194 e. The van der Waals surface area contributed by atoms with Gasteiger partial charge in [-0.25, -0.2) is 4.72 Å². The molecule has 8 heteroatoms. The minimum Gasteiger partial charge on any atom is -0.760 e. The zero-order chi connectivity index (χ0) is 17.0. The molecule has 2 aromatic carbocycles. The number of hydrogen-bond donors (Lipinski definition) is 1. The molecule has 0 aromatic heterocycles. The van der Waals surface area contributed by atoms with Crippen LogP contribution in [0.25, 0.3) is 0 Å². The number of benzene rings is 2. The smallest absolute Gasteiger partial charge is 0.194 e. The van der Waals surface area contributed by atoms with Gasteiger partial charge in [-0.3, -0.25) is 9.00 Å². The van der Waals surface area contributed by atoms with Crippen LogP contribution in [-0.2, 0) is 17.7 Å². The number of rotatable bonds is 6. The third-order valence-corrected chi connectivity index (χ3v) is 4.80. The van der Waals surface area contributed by atoms with Crippen molar-refractivity contribution in [2.75, 3.05) is 6.54 Å². The molecule has 0 radical (unpaired) electrons. The molecule has 0 aliphatic heterocycles. The van der Waals surface area contributed by atoms with Crippen molar-refractivity contribution in [3.05, 3.63) is 67.6 Å². The predicted molar refractivity (Wildman–Crippen MR) is 94.7 cm³/mol. The highest BCUT2D eigenvalue weighted by atomic mass is 79.9. The van der Waals surface area contributed by atoms with Gasteiger partial charge in [-0.15, -0.1) is 0 Å². The fourth-order valence-electron chi connectivity index (χ4n) is 1.98. The molecule has 4 nitrogen and oxygen atoms in total. The Kier molecular flexibility index (Phi) is 6.76. The summed E-state index contributed by atoms with van der Waals surface area (Å²) in [6.45, 7) is 0.229. The molecule has 0 saturated heterocycles. The van der Waals surface area contributed by atoms with Crippen molar-refractivity contribution in [2.24, 2.45) is 0 Å². The quantitative estimate of drug-likeness (QED) is 0.552. The maximum absolute atomic E-state index is 12.5. The summed E-state index contributed by atoms with van der Waals surface area (Å²) in [4.78, 5) is 12.5. The fraction of sp³-hybridized carbons (Fsp3) is 0.133. The van der Waals surface area contributed by atoms with Gasteiger partial charge in [0.1, 0.15) is 0 Å². The molecular formula is C15H11BrCl2NO3S-. The summed E-state index contributed by atoms with van der Waals surface area (Å²) in [5.41, 5.74) is 1.67. The van der Waals surface area contributed by atoms with E-state index in [2.05, 4.69) is 20.7 Å². The van der Waals surface area contributed by atoms with E-state index in [4.69, 9.17) is 23.2 Å². The van der Waals surface area contributed by atoms with Crippen molar-refractivity contribution in [1.29, 1.82) is 0 Å². The van der Waals surface area contributed by atoms with E-state index in [9.17, 15) is 13.6 Å². The Labute approximate surface area is 154 Å². The first-order valence-corrected chi connectivity index (χ1v) is 9.12. The monoisotopic (exact) mass is 434 g/mol. The number of ketones is 1. The summed E-state index contributed by atoms with van der Waals surface area (Å²) in [5, 5.41) is 0.959. The van der Waals surface area contributed by atoms with Crippen LogP contribution in [0, 0.1) is 0 Å². The summed E-state index contributed by atoms with van der Waals surface area (Å²) < 4.78 is 23.8. The van der Waals surface area contributed by atoms with Crippen LogP contribution in [0.1, 0.15) is 21.5 Å². The Balaban J connectivity index is 2.23. The van der Waals surface area contributed by atoms with Gasteiger partial charge in [0, 0.05) is 43.5 Å². The number of carbonyl (C=O) groups is 1. The number of hydrogen-bond acceptors (Lipinski definition) is 3. The van der Waals surface area contributed by atoms with E-state index in [0.29, 0.717) is 32.1 Å². The van der Waals surface area contributed by atoms with Crippen molar-refractivity contribution < 1.29 is 13.6 Å². The topological polar surface area (TPSA) is 69.2 Å². The highest BCUT2D eigenvalue weighted by molar-refractivity contribution is 9.10. The minimum absolute atomic E-state index is 0.180. The second kappa shape index (κ2) is 8.37. The lowest BCUT2D eigenvalue weighted by Crippen LogP contribution is -2.19. The zero-order valence-corrected chi connectivity index (χ0v) is 15.6. The lowest BCUT2D eigenvalue weighted by atomic mass is 10.0. The second-order valence-electron chi connectivity index (χ2n) is 4.64. The molecule has 0 heterocycles. The van der Waals surface area contributed by atoms with Crippen LogP contribution in [0.3, 0.4) is 0 Å².